The molecule has 6 heteroatoms. The van der Waals surface area contributed by atoms with Crippen molar-refractivity contribution in [3.63, 3.8) is 0 Å². The van der Waals surface area contributed by atoms with Crippen molar-refractivity contribution in [3.8, 4) is 5.75 Å². The van der Waals surface area contributed by atoms with E-state index in [2.05, 4.69) is 17.4 Å². The Morgan fingerprint density at radius 2 is 1.90 bits per heavy atom. The number of aryl methyl sites for hydroxylation is 1. The Kier molecular flexibility index (Phi) is 6.14. The van der Waals surface area contributed by atoms with Gasteiger partial charge in [0.25, 0.3) is 5.91 Å². The first-order chi connectivity index (χ1) is 14.7. The molecular weight excluding hydrogens is 398 g/mol. The molecule has 0 atom stereocenters. The number of amides is 1. The summed E-state index contributed by atoms with van der Waals surface area (Å²) in [5.41, 5.74) is 3.20. The molecule has 1 aliphatic rings. The Labute approximate surface area is 179 Å². The maximum Gasteiger partial charge on any atom is 0.341 e. The molecule has 1 aliphatic carbocycles. The van der Waals surface area contributed by atoms with Crippen molar-refractivity contribution >= 4 is 28.2 Å². The van der Waals surface area contributed by atoms with E-state index < -0.39 is 5.97 Å². The monoisotopic (exact) mass is 421 g/mol. The number of fused-ring (bicyclic) bond motifs is 1. The highest BCUT2D eigenvalue weighted by Gasteiger charge is 2.28. The second-order valence-electron chi connectivity index (χ2n) is 7.12. The predicted octanol–water partition coefficient (Wildman–Crippen LogP) is 4.90. The fraction of sp³-hybridized carbons (Fsp3) is 0.250. The van der Waals surface area contributed by atoms with E-state index in [1.54, 1.807) is 18.2 Å². The summed E-state index contributed by atoms with van der Waals surface area (Å²) < 4.78 is 10.8. The van der Waals surface area contributed by atoms with Gasteiger partial charge in [0.1, 0.15) is 10.8 Å². The van der Waals surface area contributed by atoms with Gasteiger partial charge in [0.05, 0.1) is 19.3 Å². The molecular formula is C24H23NO4S. The molecule has 0 saturated heterocycles. The number of hydrogen-bond acceptors (Lipinski definition) is 5. The van der Waals surface area contributed by atoms with Crippen LogP contribution in [0.15, 0.2) is 54.6 Å². The molecule has 5 nitrogen and oxygen atoms in total. The third-order valence-corrected chi connectivity index (χ3v) is 6.34. The molecule has 0 saturated carbocycles. The standard InChI is InChI=1S/C24H23NO4S/c1-28-24(27)21-19-11-6-12-20(19)30-23(21)25-22(26)17-9-5-10-18(15-17)29-14-13-16-7-3-2-4-8-16/h2-5,7-10,15H,6,11-14H2,1H3,(H,25,26). The van der Waals surface area contributed by atoms with Crippen LogP contribution >= 0.6 is 11.3 Å². The van der Waals surface area contributed by atoms with E-state index in [9.17, 15) is 9.59 Å². The highest BCUT2D eigenvalue weighted by atomic mass is 32.1. The third-order valence-electron chi connectivity index (χ3n) is 5.14. The molecule has 4 rings (SSSR count). The van der Waals surface area contributed by atoms with Crippen LogP contribution in [0.2, 0.25) is 0 Å². The number of carbonyl (C=O) groups excluding carboxylic acids is 2. The van der Waals surface area contributed by atoms with Crippen LogP contribution in [0.1, 0.15) is 43.1 Å². The Hall–Kier alpha value is -3.12. The van der Waals surface area contributed by atoms with E-state index in [4.69, 9.17) is 9.47 Å². The molecule has 0 radical (unpaired) electrons. The van der Waals surface area contributed by atoms with Crippen LogP contribution in [0.25, 0.3) is 0 Å². The summed E-state index contributed by atoms with van der Waals surface area (Å²) in [6, 6.07) is 17.2. The topological polar surface area (TPSA) is 64.6 Å². The van der Waals surface area contributed by atoms with E-state index >= 15 is 0 Å². The first-order valence-electron chi connectivity index (χ1n) is 9.96. The summed E-state index contributed by atoms with van der Waals surface area (Å²) in [5, 5.41) is 3.47. The van der Waals surface area contributed by atoms with E-state index in [1.807, 2.05) is 24.3 Å². The number of rotatable bonds is 7. The van der Waals surface area contributed by atoms with Crippen molar-refractivity contribution < 1.29 is 19.1 Å². The number of methoxy groups -OCH3 is 1. The maximum absolute atomic E-state index is 12.8. The minimum Gasteiger partial charge on any atom is -0.493 e. The van der Waals surface area contributed by atoms with E-state index in [-0.39, 0.29) is 5.91 Å². The van der Waals surface area contributed by atoms with Crippen LogP contribution < -0.4 is 10.1 Å². The van der Waals surface area contributed by atoms with Gasteiger partial charge in [-0.15, -0.1) is 11.3 Å². The lowest BCUT2D eigenvalue weighted by Gasteiger charge is -2.09. The molecule has 1 amide bonds. The Bertz CT molecular complexity index is 1060. The molecule has 0 aliphatic heterocycles. The number of thiophene rings is 1. The lowest BCUT2D eigenvalue weighted by Crippen LogP contribution is -2.14. The van der Waals surface area contributed by atoms with Crippen molar-refractivity contribution in [1.82, 2.24) is 0 Å². The van der Waals surface area contributed by atoms with E-state index in [1.165, 1.54) is 24.0 Å². The summed E-state index contributed by atoms with van der Waals surface area (Å²) in [7, 11) is 1.36. The quantitative estimate of drug-likeness (QED) is 0.551. The summed E-state index contributed by atoms with van der Waals surface area (Å²) >= 11 is 1.47. The fourth-order valence-electron chi connectivity index (χ4n) is 3.64. The van der Waals surface area contributed by atoms with E-state index in [0.717, 1.165) is 36.1 Å². The SMILES string of the molecule is COC(=O)c1c(NC(=O)c2cccc(OCCc3ccccc3)c2)sc2c1CCC2. The molecule has 1 aromatic heterocycles. The molecule has 30 heavy (non-hydrogen) atoms. The van der Waals surface area contributed by atoms with Gasteiger partial charge in [0, 0.05) is 16.9 Å². The van der Waals surface area contributed by atoms with Gasteiger partial charge in [-0.25, -0.2) is 4.79 Å². The number of benzene rings is 2. The number of anilines is 1. The van der Waals surface area contributed by atoms with Crippen molar-refractivity contribution in [2.45, 2.75) is 25.7 Å². The minimum absolute atomic E-state index is 0.270. The molecule has 1 heterocycles. The number of carbonyl (C=O) groups is 2. The molecule has 0 spiro atoms. The second-order valence-corrected chi connectivity index (χ2v) is 8.22. The maximum atomic E-state index is 12.8. The zero-order chi connectivity index (χ0) is 20.9. The molecule has 1 N–H and O–H groups in total. The summed E-state index contributed by atoms with van der Waals surface area (Å²) in [6.45, 7) is 0.527. The summed E-state index contributed by atoms with van der Waals surface area (Å²) in [4.78, 5) is 26.3. The lowest BCUT2D eigenvalue weighted by atomic mass is 10.1. The summed E-state index contributed by atoms with van der Waals surface area (Å²) in [6.07, 6.45) is 3.60. The van der Waals surface area contributed by atoms with Gasteiger partial charge in [-0.3, -0.25) is 4.79 Å². The van der Waals surface area contributed by atoms with Crippen molar-refractivity contribution in [1.29, 1.82) is 0 Å². The lowest BCUT2D eigenvalue weighted by molar-refractivity contribution is 0.0601. The Morgan fingerprint density at radius 1 is 1.07 bits per heavy atom. The average Bonchev–Trinajstić information content (AvgIpc) is 3.35. The van der Waals surface area contributed by atoms with Gasteiger partial charge in [0.2, 0.25) is 0 Å². The normalized spacial score (nSPS) is 12.3. The van der Waals surface area contributed by atoms with Crippen molar-refractivity contribution in [2.75, 3.05) is 19.0 Å². The molecule has 0 bridgehead atoms. The van der Waals surface area contributed by atoms with Gasteiger partial charge in [-0.2, -0.15) is 0 Å². The van der Waals surface area contributed by atoms with Gasteiger partial charge >= 0.3 is 5.97 Å². The van der Waals surface area contributed by atoms with Crippen LogP contribution in [0.5, 0.6) is 5.75 Å². The Morgan fingerprint density at radius 3 is 2.70 bits per heavy atom. The highest BCUT2D eigenvalue weighted by molar-refractivity contribution is 7.17. The number of hydrogen-bond donors (Lipinski definition) is 1. The van der Waals surface area contributed by atoms with Crippen LogP contribution in [0.4, 0.5) is 5.00 Å². The number of ether oxygens (including phenoxy) is 2. The molecule has 3 aromatic rings. The van der Waals surface area contributed by atoms with Crippen molar-refractivity contribution in [3.05, 3.63) is 81.7 Å². The zero-order valence-corrected chi connectivity index (χ0v) is 17.6. The largest absolute Gasteiger partial charge is 0.493 e. The zero-order valence-electron chi connectivity index (χ0n) is 16.8. The summed E-state index contributed by atoms with van der Waals surface area (Å²) in [5.74, 6) is -0.0308. The second kappa shape index (κ2) is 9.13. The first-order valence-corrected chi connectivity index (χ1v) is 10.8. The predicted molar refractivity (Wildman–Crippen MR) is 118 cm³/mol. The van der Waals surface area contributed by atoms with Gasteiger partial charge < -0.3 is 14.8 Å². The molecule has 154 valence electrons. The molecule has 0 unspecified atom stereocenters. The van der Waals surface area contributed by atoms with Crippen LogP contribution in [-0.4, -0.2) is 25.6 Å². The third kappa shape index (κ3) is 4.39. The van der Waals surface area contributed by atoms with Gasteiger partial charge in [0.15, 0.2) is 0 Å². The smallest absolute Gasteiger partial charge is 0.341 e. The van der Waals surface area contributed by atoms with Crippen LogP contribution in [-0.2, 0) is 24.0 Å². The van der Waals surface area contributed by atoms with Crippen LogP contribution in [0, 0.1) is 0 Å². The average molecular weight is 422 g/mol. The van der Waals surface area contributed by atoms with Gasteiger partial charge in [-0.1, -0.05) is 36.4 Å². The molecule has 0 fully saturated rings. The minimum atomic E-state index is -0.400. The highest BCUT2D eigenvalue weighted by Crippen LogP contribution is 2.39. The Balaban J connectivity index is 1.44. The van der Waals surface area contributed by atoms with Crippen LogP contribution in [0.3, 0.4) is 0 Å². The van der Waals surface area contributed by atoms with E-state index in [0.29, 0.717) is 28.5 Å². The number of nitrogens with one attached hydrogen (secondary N) is 1. The fourth-order valence-corrected chi connectivity index (χ4v) is 4.92. The van der Waals surface area contributed by atoms with Gasteiger partial charge in [-0.05, 0) is 48.6 Å². The van der Waals surface area contributed by atoms with Crippen molar-refractivity contribution in [2.24, 2.45) is 0 Å². The number of esters is 1. The first kappa shape index (κ1) is 20.2. The molecule has 2 aromatic carbocycles.